The molecular weight excluding hydrogens is 464 g/mol. The van der Waals surface area contributed by atoms with Crippen LogP contribution in [0.25, 0.3) is 15.8 Å². The highest BCUT2D eigenvalue weighted by molar-refractivity contribution is 9.10. The molecule has 1 aliphatic rings. The summed E-state index contributed by atoms with van der Waals surface area (Å²) in [7, 11) is 0. The Morgan fingerprint density at radius 2 is 2.23 bits per heavy atom. The summed E-state index contributed by atoms with van der Waals surface area (Å²) in [5.74, 6) is -0.156. The molecule has 0 unspecified atom stereocenters. The Morgan fingerprint density at radius 3 is 3.00 bits per heavy atom. The highest BCUT2D eigenvalue weighted by atomic mass is 79.9. The number of aromatic nitrogens is 4. The molecule has 0 bridgehead atoms. The lowest BCUT2D eigenvalue weighted by Gasteiger charge is -2.33. The van der Waals surface area contributed by atoms with Crippen molar-refractivity contribution in [3.63, 3.8) is 0 Å². The number of thiazole rings is 1. The molecule has 9 heteroatoms. The van der Waals surface area contributed by atoms with E-state index in [9.17, 15) is 4.79 Å². The zero-order valence-corrected chi connectivity index (χ0v) is 18.2. The highest BCUT2D eigenvalue weighted by Crippen LogP contribution is 2.40. The van der Waals surface area contributed by atoms with E-state index >= 15 is 0 Å². The van der Waals surface area contributed by atoms with Crippen molar-refractivity contribution in [3.05, 3.63) is 81.7 Å². The Hall–Kier alpha value is -3.04. The number of nitrogens with zero attached hydrogens (tertiary/aromatic N) is 3. The molecule has 1 amide bonds. The van der Waals surface area contributed by atoms with Gasteiger partial charge in [0.25, 0.3) is 5.91 Å². The Labute approximate surface area is 184 Å². The van der Waals surface area contributed by atoms with Gasteiger partial charge in [0.05, 0.1) is 22.2 Å². The third-order valence-corrected chi connectivity index (χ3v) is 7.28. The van der Waals surface area contributed by atoms with Crippen molar-refractivity contribution >= 4 is 49.0 Å². The number of pyridine rings is 1. The molecule has 4 aromatic rings. The van der Waals surface area contributed by atoms with Crippen LogP contribution in [0, 0.1) is 0 Å². The molecule has 1 aliphatic heterocycles. The van der Waals surface area contributed by atoms with E-state index in [1.807, 2.05) is 41.3 Å². The predicted octanol–water partition coefficient (Wildman–Crippen LogP) is 3.07. The van der Waals surface area contributed by atoms with Crippen molar-refractivity contribution in [3.8, 4) is 0 Å². The molecule has 5 rings (SSSR count). The molecule has 3 aromatic heterocycles. The molecule has 0 aliphatic carbocycles. The topological polar surface area (TPSA) is 102 Å². The van der Waals surface area contributed by atoms with Crippen LogP contribution >= 0.6 is 27.3 Å². The third kappa shape index (κ3) is 3.10. The lowest BCUT2D eigenvalue weighted by atomic mass is 10.0. The summed E-state index contributed by atoms with van der Waals surface area (Å²) in [5, 5.41) is 0.826. The van der Waals surface area contributed by atoms with E-state index in [-0.39, 0.29) is 11.9 Å². The molecular formula is C21H18BrN6OS+. The number of hydrogen-bond acceptors (Lipinski definition) is 5. The number of fused-ring (bicyclic) bond motifs is 2. The van der Waals surface area contributed by atoms with Gasteiger partial charge in [-0.15, -0.1) is 11.3 Å². The molecule has 0 radical (unpaired) electrons. The molecule has 150 valence electrons. The van der Waals surface area contributed by atoms with Crippen molar-refractivity contribution in [2.45, 2.75) is 12.5 Å². The number of hydrogen-bond donors (Lipinski definition) is 2. The standard InChI is InChI=1S/C21H17BrN6OS/c22-13-4-3-6-16-19(13)30-20(27-16)18-17-15(25-11-26-17)7-9-28(18)21(29)12(10-23)14-5-1-2-8-24-14/h1-6,8,10-11,18H,7,9,23H2,(H,25,26)/p+1/b12-10+/t18-/m0/s1. The predicted molar refractivity (Wildman–Crippen MR) is 118 cm³/mol. The number of carbonyl (C=O) groups is 1. The van der Waals surface area contributed by atoms with Crippen LogP contribution in [0.1, 0.15) is 28.1 Å². The van der Waals surface area contributed by atoms with E-state index in [1.54, 1.807) is 23.9 Å². The van der Waals surface area contributed by atoms with Crippen LogP contribution in [0.3, 0.4) is 0 Å². The van der Waals surface area contributed by atoms with Crippen LogP contribution in [-0.4, -0.2) is 32.3 Å². The van der Waals surface area contributed by atoms with Crippen molar-refractivity contribution in [2.24, 2.45) is 5.73 Å². The van der Waals surface area contributed by atoms with Crippen LogP contribution in [0.2, 0.25) is 0 Å². The van der Waals surface area contributed by atoms with Gasteiger partial charge < -0.3 is 15.6 Å². The molecule has 0 saturated heterocycles. The highest BCUT2D eigenvalue weighted by Gasteiger charge is 2.38. The van der Waals surface area contributed by atoms with Gasteiger partial charge in [0.2, 0.25) is 5.69 Å². The lowest BCUT2D eigenvalue weighted by molar-refractivity contribution is -0.381. The largest absolute Gasteiger partial charge is 0.404 e. The lowest BCUT2D eigenvalue weighted by Crippen LogP contribution is -2.41. The van der Waals surface area contributed by atoms with Crippen molar-refractivity contribution in [1.82, 2.24) is 19.9 Å². The minimum absolute atomic E-state index is 0.156. The van der Waals surface area contributed by atoms with E-state index in [4.69, 9.17) is 10.7 Å². The fraction of sp³-hybridized carbons (Fsp3) is 0.143. The van der Waals surface area contributed by atoms with Gasteiger partial charge in [-0.1, -0.05) is 6.07 Å². The van der Waals surface area contributed by atoms with Gasteiger partial charge in [-0.05, 0) is 34.1 Å². The average Bonchev–Trinajstić information content (AvgIpc) is 3.42. The van der Waals surface area contributed by atoms with Gasteiger partial charge in [0.1, 0.15) is 16.6 Å². The second-order valence-electron chi connectivity index (χ2n) is 6.91. The summed E-state index contributed by atoms with van der Waals surface area (Å²) in [4.78, 5) is 31.1. The van der Waals surface area contributed by atoms with Gasteiger partial charge in [0.15, 0.2) is 6.20 Å². The summed E-state index contributed by atoms with van der Waals surface area (Å²) in [5.41, 5.74) is 9.73. The van der Waals surface area contributed by atoms with E-state index in [2.05, 4.69) is 30.9 Å². The van der Waals surface area contributed by atoms with E-state index in [0.717, 1.165) is 31.1 Å². The number of aromatic amines is 2. The summed E-state index contributed by atoms with van der Waals surface area (Å²) in [6.07, 6.45) is 5.51. The van der Waals surface area contributed by atoms with Crippen LogP contribution < -0.4 is 10.7 Å². The first-order valence-corrected chi connectivity index (χ1v) is 11.1. The maximum Gasteiger partial charge on any atom is 0.263 e. The van der Waals surface area contributed by atoms with Gasteiger partial charge >= 0.3 is 0 Å². The molecule has 7 nitrogen and oxygen atoms in total. The Kier molecular flexibility index (Phi) is 4.84. The Morgan fingerprint density at radius 1 is 1.33 bits per heavy atom. The number of benzene rings is 1. The number of H-pyrrole nitrogens is 2. The van der Waals surface area contributed by atoms with Crippen LogP contribution in [0.5, 0.6) is 0 Å². The molecule has 30 heavy (non-hydrogen) atoms. The smallest absolute Gasteiger partial charge is 0.263 e. The van der Waals surface area contributed by atoms with Gasteiger partial charge in [-0.3, -0.25) is 4.79 Å². The second kappa shape index (κ2) is 7.66. The molecule has 4 N–H and O–H groups in total. The van der Waals surface area contributed by atoms with E-state index in [1.165, 1.54) is 6.20 Å². The third-order valence-electron chi connectivity index (χ3n) is 5.20. The van der Waals surface area contributed by atoms with Crippen LogP contribution in [0.4, 0.5) is 0 Å². The molecule has 0 fully saturated rings. The Balaban J connectivity index is 1.62. The molecule has 1 aromatic carbocycles. The summed E-state index contributed by atoms with van der Waals surface area (Å²) >= 11 is 5.18. The molecule has 4 heterocycles. The minimum Gasteiger partial charge on any atom is -0.404 e. The van der Waals surface area contributed by atoms with E-state index < -0.39 is 0 Å². The SMILES string of the molecule is N/C=C(/C(=O)N1CCc2[nH]cnc2[C@H]1c1nc2cccc(Br)c2s1)c1cccc[nH+]1. The maximum absolute atomic E-state index is 13.6. The number of carbonyl (C=O) groups excluding carboxylic acids is 1. The first-order valence-electron chi connectivity index (χ1n) is 9.44. The summed E-state index contributed by atoms with van der Waals surface area (Å²) in [6.45, 7) is 0.542. The van der Waals surface area contributed by atoms with Crippen LogP contribution in [0.15, 0.2) is 59.6 Å². The number of halogens is 1. The normalized spacial score (nSPS) is 16.6. The molecule has 1 atom stereocenters. The fourth-order valence-corrected chi connectivity index (χ4v) is 5.47. The maximum atomic E-state index is 13.6. The number of imidazole rings is 1. The number of nitrogens with one attached hydrogen (secondary N) is 2. The van der Waals surface area contributed by atoms with Crippen molar-refractivity contribution in [2.75, 3.05) is 6.54 Å². The first-order chi connectivity index (χ1) is 14.7. The zero-order valence-electron chi connectivity index (χ0n) is 15.8. The van der Waals surface area contributed by atoms with E-state index in [0.29, 0.717) is 24.2 Å². The van der Waals surface area contributed by atoms with Gasteiger partial charge in [0, 0.05) is 41.5 Å². The van der Waals surface area contributed by atoms with Crippen LogP contribution in [-0.2, 0) is 11.2 Å². The number of amides is 1. The van der Waals surface area contributed by atoms with Gasteiger partial charge in [-0.25, -0.2) is 15.0 Å². The number of rotatable bonds is 3. The average molecular weight is 482 g/mol. The quantitative estimate of drug-likeness (QED) is 0.438. The second-order valence-corrected chi connectivity index (χ2v) is 8.80. The summed E-state index contributed by atoms with van der Waals surface area (Å²) < 4.78 is 2.04. The minimum atomic E-state index is -0.379. The summed E-state index contributed by atoms with van der Waals surface area (Å²) in [6, 6.07) is 11.1. The molecule has 0 spiro atoms. The molecule has 0 saturated carbocycles. The van der Waals surface area contributed by atoms with Crippen molar-refractivity contribution in [1.29, 1.82) is 0 Å². The monoisotopic (exact) mass is 481 g/mol. The van der Waals surface area contributed by atoms with Crippen molar-refractivity contribution < 1.29 is 9.78 Å². The Bertz CT molecular complexity index is 1260. The zero-order chi connectivity index (χ0) is 20.7. The fourth-order valence-electron chi connectivity index (χ4n) is 3.79. The first kappa shape index (κ1) is 19.0. The van der Waals surface area contributed by atoms with Gasteiger partial charge in [-0.2, -0.15) is 0 Å². The number of nitrogens with two attached hydrogens (primary N) is 1.